The Bertz CT molecular complexity index is 571. The third kappa shape index (κ3) is 5.53. The Morgan fingerprint density at radius 3 is 2.75 bits per heavy atom. The number of amides is 2. The molecule has 1 aliphatic heterocycles. The van der Waals surface area contributed by atoms with Crippen LogP contribution in [0.3, 0.4) is 0 Å². The number of aryl methyl sites for hydroxylation is 1. The molecule has 6 heteroatoms. The zero-order chi connectivity index (χ0) is 17.4. The van der Waals surface area contributed by atoms with Crippen molar-refractivity contribution in [3.05, 3.63) is 29.7 Å². The first-order valence-corrected chi connectivity index (χ1v) is 8.40. The van der Waals surface area contributed by atoms with Gasteiger partial charge in [-0.3, -0.25) is 9.59 Å². The summed E-state index contributed by atoms with van der Waals surface area (Å²) < 4.78 is 10.4. The maximum Gasteiger partial charge on any atom is 0.246 e. The molecule has 1 aromatic heterocycles. The summed E-state index contributed by atoms with van der Waals surface area (Å²) in [7, 11) is 1.65. The highest BCUT2D eigenvalue weighted by atomic mass is 16.5. The highest BCUT2D eigenvalue weighted by Crippen LogP contribution is 2.18. The van der Waals surface area contributed by atoms with Crippen molar-refractivity contribution in [2.75, 3.05) is 33.4 Å². The maximum atomic E-state index is 12.2. The van der Waals surface area contributed by atoms with Gasteiger partial charge in [-0.15, -0.1) is 0 Å². The zero-order valence-corrected chi connectivity index (χ0v) is 14.4. The molecule has 2 rings (SSSR count). The quantitative estimate of drug-likeness (QED) is 0.611. The highest BCUT2D eigenvalue weighted by molar-refractivity contribution is 5.91. The van der Waals surface area contributed by atoms with Gasteiger partial charge in [0.05, 0.1) is 0 Å². The molecule has 1 aliphatic rings. The van der Waals surface area contributed by atoms with Gasteiger partial charge in [0.2, 0.25) is 11.8 Å². The summed E-state index contributed by atoms with van der Waals surface area (Å²) in [6, 6.07) is 3.69. The van der Waals surface area contributed by atoms with Crippen LogP contribution in [0.25, 0.3) is 6.08 Å². The minimum absolute atomic E-state index is 0.00621. The standard InChI is InChI=1S/C18H26N2O4/c1-14-4-5-16(24-14)6-7-17(21)20-11-8-15(9-12-20)18(22)19-10-3-13-23-2/h4-7,15H,3,8-13H2,1-2H3,(H,19,22)/b7-6+. The summed E-state index contributed by atoms with van der Waals surface area (Å²) in [6.45, 7) is 4.36. The number of methoxy groups -OCH3 is 1. The molecular weight excluding hydrogens is 308 g/mol. The fraction of sp³-hybridized carbons (Fsp3) is 0.556. The largest absolute Gasteiger partial charge is 0.462 e. The van der Waals surface area contributed by atoms with Crippen LogP contribution in [0, 0.1) is 12.8 Å². The van der Waals surface area contributed by atoms with Crippen LogP contribution in [0.1, 0.15) is 30.8 Å². The maximum absolute atomic E-state index is 12.2. The van der Waals surface area contributed by atoms with Crippen molar-refractivity contribution in [2.45, 2.75) is 26.2 Å². The Morgan fingerprint density at radius 1 is 1.38 bits per heavy atom. The van der Waals surface area contributed by atoms with Gasteiger partial charge in [-0.25, -0.2) is 0 Å². The van der Waals surface area contributed by atoms with Crippen molar-refractivity contribution in [2.24, 2.45) is 5.92 Å². The second-order valence-corrected chi connectivity index (χ2v) is 6.02. The number of hydrogen-bond acceptors (Lipinski definition) is 4. The lowest BCUT2D eigenvalue weighted by atomic mass is 9.96. The van der Waals surface area contributed by atoms with Crippen LogP contribution in [0.4, 0.5) is 0 Å². The minimum Gasteiger partial charge on any atom is -0.462 e. The van der Waals surface area contributed by atoms with Gasteiger partial charge in [0, 0.05) is 45.3 Å². The number of hydrogen-bond donors (Lipinski definition) is 1. The van der Waals surface area contributed by atoms with Crippen LogP contribution in [0.15, 0.2) is 22.6 Å². The van der Waals surface area contributed by atoms with E-state index in [1.54, 1.807) is 18.1 Å². The third-order valence-corrected chi connectivity index (χ3v) is 4.15. The van der Waals surface area contributed by atoms with Crippen molar-refractivity contribution in [1.29, 1.82) is 0 Å². The second kappa shape index (κ2) is 9.27. The van der Waals surface area contributed by atoms with E-state index in [-0.39, 0.29) is 17.7 Å². The molecule has 0 saturated carbocycles. The molecule has 1 aromatic rings. The molecular formula is C18H26N2O4. The summed E-state index contributed by atoms with van der Waals surface area (Å²) in [5.41, 5.74) is 0. The Kier molecular flexibility index (Phi) is 7.06. The molecule has 2 amide bonds. The Hall–Kier alpha value is -2.08. The smallest absolute Gasteiger partial charge is 0.246 e. The van der Waals surface area contributed by atoms with Crippen molar-refractivity contribution in [3.8, 4) is 0 Å². The first-order valence-electron chi connectivity index (χ1n) is 8.40. The van der Waals surface area contributed by atoms with Crippen LogP contribution in [-0.4, -0.2) is 50.1 Å². The van der Waals surface area contributed by atoms with E-state index in [1.165, 1.54) is 6.08 Å². The van der Waals surface area contributed by atoms with E-state index in [0.717, 1.165) is 12.2 Å². The Labute approximate surface area is 142 Å². The van der Waals surface area contributed by atoms with Gasteiger partial charge >= 0.3 is 0 Å². The van der Waals surface area contributed by atoms with Gasteiger partial charge in [0.1, 0.15) is 11.5 Å². The molecule has 1 N–H and O–H groups in total. The van der Waals surface area contributed by atoms with E-state index in [4.69, 9.17) is 9.15 Å². The van der Waals surface area contributed by atoms with Crippen molar-refractivity contribution >= 4 is 17.9 Å². The average Bonchev–Trinajstić information content (AvgIpc) is 3.02. The fourth-order valence-corrected chi connectivity index (χ4v) is 2.74. The van der Waals surface area contributed by atoms with Crippen LogP contribution >= 0.6 is 0 Å². The molecule has 0 atom stereocenters. The van der Waals surface area contributed by atoms with E-state index >= 15 is 0 Å². The van der Waals surface area contributed by atoms with E-state index in [1.807, 2.05) is 19.1 Å². The van der Waals surface area contributed by atoms with Gasteiger partial charge in [0.15, 0.2) is 0 Å². The molecule has 2 heterocycles. The average molecular weight is 334 g/mol. The lowest BCUT2D eigenvalue weighted by molar-refractivity contribution is -0.132. The summed E-state index contributed by atoms with van der Waals surface area (Å²) in [6.07, 6.45) is 5.44. The third-order valence-electron chi connectivity index (χ3n) is 4.15. The van der Waals surface area contributed by atoms with Gasteiger partial charge in [0.25, 0.3) is 0 Å². The van der Waals surface area contributed by atoms with Gasteiger partial charge in [-0.2, -0.15) is 0 Å². The number of nitrogens with zero attached hydrogens (tertiary/aromatic N) is 1. The molecule has 0 spiro atoms. The Balaban J connectivity index is 1.72. The second-order valence-electron chi connectivity index (χ2n) is 6.02. The van der Waals surface area contributed by atoms with Crippen molar-refractivity contribution in [3.63, 3.8) is 0 Å². The highest BCUT2D eigenvalue weighted by Gasteiger charge is 2.26. The molecule has 0 aromatic carbocycles. The lowest BCUT2D eigenvalue weighted by Gasteiger charge is -2.30. The van der Waals surface area contributed by atoms with Crippen molar-refractivity contribution in [1.82, 2.24) is 10.2 Å². The lowest BCUT2D eigenvalue weighted by Crippen LogP contribution is -2.42. The van der Waals surface area contributed by atoms with Gasteiger partial charge < -0.3 is 19.4 Å². The van der Waals surface area contributed by atoms with E-state index < -0.39 is 0 Å². The predicted molar refractivity (Wildman–Crippen MR) is 91.3 cm³/mol. The van der Waals surface area contributed by atoms with Crippen LogP contribution < -0.4 is 5.32 Å². The monoisotopic (exact) mass is 334 g/mol. The van der Waals surface area contributed by atoms with Gasteiger partial charge in [-0.05, 0) is 44.4 Å². The molecule has 0 unspecified atom stereocenters. The van der Waals surface area contributed by atoms with Crippen LogP contribution in [0.5, 0.6) is 0 Å². The zero-order valence-electron chi connectivity index (χ0n) is 14.4. The number of carbonyl (C=O) groups excluding carboxylic acids is 2. The number of nitrogens with one attached hydrogen (secondary N) is 1. The predicted octanol–water partition coefficient (Wildman–Crippen LogP) is 1.99. The molecule has 0 bridgehead atoms. The summed E-state index contributed by atoms with van der Waals surface area (Å²) in [5.74, 6) is 1.53. The van der Waals surface area contributed by atoms with Crippen molar-refractivity contribution < 1.29 is 18.7 Å². The van der Waals surface area contributed by atoms with Crippen LogP contribution in [-0.2, 0) is 14.3 Å². The minimum atomic E-state index is -0.0389. The SMILES string of the molecule is COCCCNC(=O)C1CCN(C(=O)/C=C/c2ccc(C)o2)CC1. The number of furan rings is 1. The fourth-order valence-electron chi connectivity index (χ4n) is 2.74. The first-order chi connectivity index (χ1) is 11.6. The molecule has 1 fully saturated rings. The van der Waals surface area contributed by atoms with Crippen LogP contribution in [0.2, 0.25) is 0 Å². The number of likely N-dealkylation sites (tertiary alicyclic amines) is 1. The number of ether oxygens (including phenoxy) is 1. The molecule has 0 aliphatic carbocycles. The number of carbonyl (C=O) groups is 2. The summed E-state index contributed by atoms with van der Waals surface area (Å²) in [5, 5.41) is 2.93. The molecule has 1 saturated heterocycles. The molecule has 6 nitrogen and oxygen atoms in total. The molecule has 0 radical (unpaired) electrons. The summed E-state index contributed by atoms with van der Waals surface area (Å²) in [4.78, 5) is 26.0. The van der Waals surface area contributed by atoms with E-state index in [9.17, 15) is 9.59 Å². The first kappa shape index (κ1) is 18.3. The normalized spacial score (nSPS) is 15.8. The Morgan fingerprint density at radius 2 is 2.12 bits per heavy atom. The van der Waals surface area contributed by atoms with E-state index in [2.05, 4.69) is 5.32 Å². The summed E-state index contributed by atoms with van der Waals surface area (Å²) >= 11 is 0. The topological polar surface area (TPSA) is 71.8 Å². The number of rotatable bonds is 7. The van der Waals surface area contributed by atoms with Gasteiger partial charge in [-0.1, -0.05) is 0 Å². The number of piperidine rings is 1. The molecule has 24 heavy (non-hydrogen) atoms. The van der Waals surface area contributed by atoms with E-state index in [0.29, 0.717) is 44.8 Å². The molecule has 132 valence electrons.